The zero-order valence-electron chi connectivity index (χ0n) is 15.6. The molecule has 7 nitrogen and oxygen atoms in total. The van der Waals surface area contributed by atoms with Gasteiger partial charge in [0.2, 0.25) is 0 Å². The Bertz CT molecular complexity index is 712. The van der Waals surface area contributed by atoms with E-state index in [0.29, 0.717) is 36.3 Å². The van der Waals surface area contributed by atoms with E-state index >= 15 is 0 Å². The van der Waals surface area contributed by atoms with Crippen LogP contribution in [0.3, 0.4) is 0 Å². The largest absolute Gasteiger partial charge is 0.496 e. The minimum Gasteiger partial charge on any atom is -0.496 e. The van der Waals surface area contributed by atoms with Gasteiger partial charge in [0.1, 0.15) is 22.3 Å². The SMILES string of the molecule is CN=C(NCc1ncc(C)s1)NCc1c(OC)cc(OC)cc1OC.I. The van der Waals surface area contributed by atoms with E-state index < -0.39 is 0 Å². The number of thiazole rings is 1. The summed E-state index contributed by atoms with van der Waals surface area (Å²) >= 11 is 1.66. The molecule has 0 aliphatic carbocycles. The van der Waals surface area contributed by atoms with Crippen LogP contribution >= 0.6 is 35.3 Å². The highest BCUT2D eigenvalue weighted by atomic mass is 127. The number of rotatable bonds is 7. The molecule has 0 aliphatic heterocycles. The van der Waals surface area contributed by atoms with Gasteiger partial charge >= 0.3 is 0 Å². The Hall–Kier alpha value is -1.75. The topological polar surface area (TPSA) is 77.0 Å². The Balaban J connectivity index is 0.00000338. The van der Waals surface area contributed by atoms with Crippen LogP contribution in [0.5, 0.6) is 17.2 Å². The third-order valence-corrected chi connectivity index (χ3v) is 4.46. The van der Waals surface area contributed by atoms with E-state index in [2.05, 4.69) is 20.6 Å². The summed E-state index contributed by atoms with van der Waals surface area (Å²) in [5.41, 5.74) is 0.888. The predicted octanol–water partition coefficient (Wildman–Crippen LogP) is 2.96. The van der Waals surface area contributed by atoms with Crippen molar-refractivity contribution in [1.82, 2.24) is 15.6 Å². The molecule has 0 spiro atoms. The number of aryl methyl sites for hydroxylation is 1. The molecule has 9 heteroatoms. The summed E-state index contributed by atoms with van der Waals surface area (Å²) < 4.78 is 16.2. The lowest BCUT2D eigenvalue weighted by molar-refractivity contribution is 0.368. The van der Waals surface area contributed by atoms with Gasteiger partial charge in [0.15, 0.2) is 5.96 Å². The molecule has 0 saturated heterocycles. The van der Waals surface area contributed by atoms with Crippen LogP contribution in [-0.4, -0.2) is 39.3 Å². The average molecular weight is 492 g/mol. The molecular weight excluding hydrogens is 467 g/mol. The van der Waals surface area contributed by atoms with Gasteiger partial charge in [0, 0.05) is 30.3 Å². The second kappa shape index (κ2) is 11.1. The molecule has 0 bridgehead atoms. The normalized spacial score (nSPS) is 10.7. The van der Waals surface area contributed by atoms with Gasteiger partial charge in [-0.3, -0.25) is 4.99 Å². The van der Waals surface area contributed by atoms with Crippen LogP contribution in [0.15, 0.2) is 23.3 Å². The fraction of sp³-hybridized carbons (Fsp3) is 0.412. The number of hydrogen-bond donors (Lipinski definition) is 2. The number of guanidine groups is 1. The molecule has 26 heavy (non-hydrogen) atoms. The summed E-state index contributed by atoms with van der Waals surface area (Å²) in [5, 5.41) is 7.53. The van der Waals surface area contributed by atoms with E-state index in [1.807, 2.05) is 25.3 Å². The molecule has 144 valence electrons. The maximum Gasteiger partial charge on any atom is 0.191 e. The van der Waals surface area contributed by atoms with Crippen LogP contribution in [0.25, 0.3) is 0 Å². The van der Waals surface area contributed by atoms with Crippen molar-refractivity contribution in [1.29, 1.82) is 0 Å². The number of hydrogen-bond acceptors (Lipinski definition) is 6. The van der Waals surface area contributed by atoms with Crippen molar-refractivity contribution in [2.24, 2.45) is 4.99 Å². The van der Waals surface area contributed by atoms with Crippen LogP contribution in [0.1, 0.15) is 15.4 Å². The molecule has 2 rings (SSSR count). The summed E-state index contributed by atoms with van der Waals surface area (Å²) in [6, 6.07) is 3.65. The van der Waals surface area contributed by atoms with Crippen molar-refractivity contribution < 1.29 is 14.2 Å². The molecule has 2 aromatic rings. The van der Waals surface area contributed by atoms with Crippen LogP contribution in [0.4, 0.5) is 0 Å². The first-order valence-corrected chi connectivity index (χ1v) is 8.57. The number of aromatic nitrogens is 1. The molecule has 0 atom stereocenters. The first-order chi connectivity index (χ1) is 12.1. The van der Waals surface area contributed by atoms with Crippen molar-refractivity contribution in [2.75, 3.05) is 28.4 Å². The van der Waals surface area contributed by atoms with Crippen LogP contribution < -0.4 is 24.8 Å². The van der Waals surface area contributed by atoms with Gasteiger partial charge in [-0.1, -0.05) is 0 Å². The van der Waals surface area contributed by atoms with Gasteiger partial charge in [0.25, 0.3) is 0 Å². The number of benzene rings is 1. The zero-order valence-corrected chi connectivity index (χ0v) is 18.7. The van der Waals surface area contributed by atoms with E-state index in [1.165, 1.54) is 4.88 Å². The Morgan fingerprint density at radius 3 is 2.15 bits per heavy atom. The Morgan fingerprint density at radius 2 is 1.69 bits per heavy atom. The minimum atomic E-state index is 0. The van der Waals surface area contributed by atoms with E-state index in [0.717, 1.165) is 10.6 Å². The highest BCUT2D eigenvalue weighted by molar-refractivity contribution is 14.0. The maximum absolute atomic E-state index is 5.46. The van der Waals surface area contributed by atoms with E-state index in [4.69, 9.17) is 14.2 Å². The Kier molecular flexibility index (Phi) is 9.49. The number of methoxy groups -OCH3 is 3. The first kappa shape index (κ1) is 22.3. The highest BCUT2D eigenvalue weighted by Gasteiger charge is 2.14. The van der Waals surface area contributed by atoms with Crippen molar-refractivity contribution >= 4 is 41.3 Å². The molecule has 1 aromatic carbocycles. The lowest BCUT2D eigenvalue weighted by Crippen LogP contribution is -2.36. The molecule has 0 amide bonds. The van der Waals surface area contributed by atoms with Gasteiger partial charge < -0.3 is 24.8 Å². The molecular formula is C17H25IN4O3S. The van der Waals surface area contributed by atoms with Gasteiger partial charge in [-0.15, -0.1) is 35.3 Å². The lowest BCUT2D eigenvalue weighted by atomic mass is 10.1. The highest BCUT2D eigenvalue weighted by Crippen LogP contribution is 2.33. The number of nitrogens with zero attached hydrogens (tertiary/aromatic N) is 2. The third-order valence-electron chi connectivity index (χ3n) is 3.55. The summed E-state index contributed by atoms with van der Waals surface area (Å²) in [6.07, 6.45) is 1.87. The lowest BCUT2D eigenvalue weighted by Gasteiger charge is -2.17. The van der Waals surface area contributed by atoms with Crippen LogP contribution in [-0.2, 0) is 13.1 Å². The standard InChI is InChI=1S/C17H24N4O3S.HI/c1-11-8-19-16(25-11)10-21-17(18-2)20-9-13-14(23-4)6-12(22-3)7-15(13)24-5;/h6-8H,9-10H2,1-5H3,(H2,18,20,21);1H. The monoisotopic (exact) mass is 492 g/mol. The van der Waals surface area contributed by atoms with Crippen LogP contribution in [0.2, 0.25) is 0 Å². The van der Waals surface area contributed by atoms with Crippen LogP contribution in [0, 0.1) is 6.92 Å². The number of aliphatic imine (C=N–C) groups is 1. The number of nitrogens with one attached hydrogen (secondary N) is 2. The number of ether oxygens (including phenoxy) is 3. The molecule has 0 radical (unpaired) electrons. The molecule has 0 saturated carbocycles. The predicted molar refractivity (Wildman–Crippen MR) is 115 cm³/mol. The molecule has 0 aliphatic rings. The maximum atomic E-state index is 5.46. The molecule has 0 unspecified atom stereocenters. The molecule has 1 heterocycles. The Morgan fingerprint density at radius 1 is 1.08 bits per heavy atom. The van der Waals surface area contributed by atoms with Gasteiger partial charge in [-0.2, -0.15) is 0 Å². The Labute approximate surface area is 175 Å². The van der Waals surface area contributed by atoms with E-state index in [9.17, 15) is 0 Å². The second-order valence-corrected chi connectivity index (χ2v) is 6.47. The van der Waals surface area contributed by atoms with Crippen molar-refractivity contribution in [3.05, 3.63) is 33.8 Å². The van der Waals surface area contributed by atoms with Gasteiger partial charge in [-0.25, -0.2) is 4.98 Å². The zero-order chi connectivity index (χ0) is 18.2. The van der Waals surface area contributed by atoms with E-state index in [-0.39, 0.29) is 24.0 Å². The first-order valence-electron chi connectivity index (χ1n) is 7.76. The summed E-state index contributed by atoms with van der Waals surface area (Å²) in [5.74, 6) is 2.73. The van der Waals surface area contributed by atoms with Crippen molar-refractivity contribution in [3.8, 4) is 17.2 Å². The fourth-order valence-corrected chi connectivity index (χ4v) is 3.01. The third kappa shape index (κ3) is 5.90. The number of halogens is 1. The van der Waals surface area contributed by atoms with Crippen molar-refractivity contribution in [2.45, 2.75) is 20.0 Å². The summed E-state index contributed by atoms with van der Waals surface area (Å²) in [6.45, 7) is 3.15. The summed E-state index contributed by atoms with van der Waals surface area (Å²) in [4.78, 5) is 9.76. The second-order valence-electron chi connectivity index (χ2n) is 5.15. The quantitative estimate of drug-likeness (QED) is 0.352. The average Bonchev–Trinajstić information content (AvgIpc) is 3.06. The van der Waals surface area contributed by atoms with Gasteiger partial charge in [-0.05, 0) is 6.92 Å². The smallest absolute Gasteiger partial charge is 0.191 e. The van der Waals surface area contributed by atoms with Gasteiger partial charge in [0.05, 0.1) is 40.0 Å². The van der Waals surface area contributed by atoms with Crippen molar-refractivity contribution in [3.63, 3.8) is 0 Å². The molecule has 1 aromatic heterocycles. The minimum absolute atomic E-state index is 0. The summed E-state index contributed by atoms with van der Waals surface area (Å²) in [7, 11) is 6.58. The molecule has 2 N–H and O–H groups in total. The van der Waals surface area contributed by atoms with E-state index in [1.54, 1.807) is 39.7 Å². The molecule has 0 fully saturated rings. The fourth-order valence-electron chi connectivity index (χ4n) is 2.29.